The Morgan fingerprint density at radius 3 is 2.86 bits per heavy atom. The van der Waals surface area contributed by atoms with Crippen molar-refractivity contribution < 1.29 is 13.9 Å². The smallest absolute Gasteiger partial charge is 0.146 e. The van der Waals surface area contributed by atoms with Crippen LogP contribution in [0.4, 0.5) is 4.39 Å². The van der Waals surface area contributed by atoms with Crippen LogP contribution in [0, 0.1) is 5.82 Å². The normalized spacial score (nSPS) is 10.5. The van der Waals surface area contributed by atoms with Gasteiger partial charge in [-0.15, -0.1) is 0 Å². The summed E-state index contributed by atoms with van der Waals surface area (Å²) in [5, 5.41) is 0.145. The average molecular weight is 219 g/mol. The van der Waals surface area contributed by atoms with Gasteiger partial charge in [-0.3, -0.25) is 0 Å². The Bertz CT molecular complexity index is 291. The first kappa shape index (κ1) is 11.4. The lowest BCUT2D eigenvalue weighted by atomic mass is 10.1. The Balaban J connectivity index is 2.39. The van der Waals surface area contributed by atoms with Gasteiger partial charge < -0.3 is 9.47 Å². The molecule has 0 fully saturated rings. The molecular weight excluding hydrogens is 207 g/mol. The number of benzene rings is 1. The van der Waals surface area contributed by atoms with Crippen LogP contribution in [-0.2, 0) is 15.9 Å². The quantitative estimate of drug-likeness (QED) is 0.559. The van der Waals surface area contributed by atoms with Crippen molar-refractivity contribution >= 4 is 11.6 Å². The van der Waals surface area contributed by atoms with Crippen LogP contribution in [0.3, 0.4) is 0 Å². The lowest BCUT2D eigenvalue weighted by molar-refractivity contribution is -0.0291. The maximum Gasteiger partial charge on any atom is 0.146 e. The molecule has 0 aliphatic carbocycles. The third kappa shape index (κ3) is 3.62. The Morgan fingerprint density at radius 1 is 1.43 bits per heavy atom. The minimum Gasteiger partial charge on any atom is -0.359 e. The van der Waals surface area contributed by atoms with Gasteiger partial charge in [0, 0.05) is 7.11 Å². The van der Waals surface area contributed by atoms with Crippen molar-refractivity contribution in [1.82, 2.24) is 0 Å². The highest BCUT2D eigenvalue weighted by atomic mass is 35.5. The molecule has 2 nitrogen and oxygen atoms in total. The number of rotatable bonds is 5. The Kier molecular flexibility index (Phi) is 4.87. The minimum absolute atomic E-state index is 0.145. The van der Waals surface area contributed by atoms with Crippen molar-refractivity contribution in [2.24, 2.45) is 0 Å². The summed E-state index contributed by atoms with van der Waals surface area (Å²) in [5.41, 5.74) is 0.864. The maximum atomic E-state index is 13.0. The molecule has 78 valence electrons. The molecule has 0 bridgehead atoms. The van der Waals surface area contributed by atoms with E-state index in [4.69, 9.17) is 21.1 Å². The van der Waals surface area contributed by atoms with Gasteiger partial charge >= 0.3 is 0 Å². The summed E-state index contributed by atoms with van der Waals surface area (Å²) in [7, 11) is 1.56. The van der Waals surface area contributed by atoms with Crippen LogP contribution in [0.2, 0.25) is 5.02 Å². The largest absolute Gasteiger partial charge is 0.359 e. The third-order valence-corrected chi connectivity index (χ3v) is 2.03. The molecule has 0 spiro atoms. The van der Waals surface area contributed by atoms with Crippen LogP contribution in [0.5, 0.6) is 0 Å². The number of hydrogen-bond donors (Lipinski definition) is 0. The second-order valence-corrected chi connectivity index (χ2v) is 3.22. The summed E-state index contributed by atoms with van der Waals surface area (Å²) >= 11 is 5.54. The van der Waals surface area contributed by atoms with Gasteiger partial charge in [0.15, 0.2) is 0 Å². The first-order valence-electron chi connectivity index (χ1n) is 4.24. The molecule has 0 aromatic heterocycles. The van der Waals surface area contributed by atoms with Crippen LogP contribution in [0.1, 0.15) is 5.56 Å². The zero-order chi connectivity index (χ0) is 10.4. The van der Waals surface area contributed by atoms with E-state index in [1.807, 2.05) is 0 Å². The van der Waals surface area contributed by atoms with E-state index in [-0.39, 0.29) is 11.8 Å². The van der Waals surface area contributed by atoms with Gasteiger partial charge in [-0.1, -0.05) is 17.7 Å². The highest BCUT2D eigenvalue weighted by molar-refractivity contribution is 6.30. The van der Waals surface area contributed by atoms with Crippen LogP contribution in [0.25, 0.3) is 0 Å². The second kappa shape index (κ2) is 5.96. The summed E-state index contributed by atoms with van der Waals surface area (Å²) in [6.07, 6.45) is 0.650. The SMILES string of the molecule is COCOCCc1ccc(Cl)c(F)c1. The molecule has 0 unspecified atom stereocenters. The fraction of sp³-hybridized carbons (Fsp3) is 0.400. The Labute approximate surface area is 87.6 Å². The molecule has 4 heteroatoms. The van der Waals surface area contributed by atoms with Gasteiger partial charge in [0.25, 0.3) is 0 Å². The zero-order valence-corrected chi connectivity index (χ0v) is 8.68. The van der Waals surface area contributed by atoms with Crippen molar-refractivity contribution in [3.63, 3.8) is 0 Å². The Hall–Kier alpha value is -0.640. The third-order valence-electron chi connectivity index (χ3n) is 1.72. The van der Waals surface area contributed by atoms with Crippen LogP contribution >= 0.6 is 11.6 Å². The molecule has 0 aliphatic heterocycles. The number of ether oxygens (including phenoxy) is 2. The number of hydrogen-bond acceptors (Lipinski definition) is 2. The predicted octanol–water partition coefficient (Wildman–Crippen LogP) is 2.64. The lowest BCUT2D eigenvalue weighted by Crippen LogP contribution is -2.01. The standard InChI is InChI=1S/C10H12ClFO2/c1-13-7-14-5-4-8-2-3-9(11)10(12)6-8/h2-3,6H,4-5,7H2,1H3. The van der Waals surface area contributed by atoms with E-state index in [0.29, 0.717) is 13.0 Å². The monoisotopic (exact) mass is 218 g/mol. The van der Waals surface area contributed by atoms with E-state index < -0.39 is 5.82 Å². The molecule has 0 atom stereocenters. The summed E-state index contributed by atoms with van der Waals surface area (Å²) in [6, 6.07) is 4.74. The summed E-state index contributed by atoms with van der Waals surface area (Å²) < 4.78 is 22.7. The molecule has 0 N–H and O–H groups in total. The van der Waals surface area contributed by atoms with E-state index in [9.17, 15) is 4.39 Å². The van der Waals surface area contributed by atoms with Crippen LogP contribution in [-0.4, -0.2) is 20.5 Å². The molecule has 0 amide bonds. The topological polar surface area (TPSA) is 18.5 Å². The first-order valence-corrected chi connectivity index (χ1v) is 4.62. The van der Waals surface area contributed by atoms with Crippen molar-refractivity contribution in [1.29, 1.82) is 0 Å². The van der Waals surface area contributed by atoms with Gasteiger partial charge in [0.05, 0.1) is 11.6 Å². The number of methoxy groups -OCH3 is 1. The van der Waals surface area contributed by atoms with Crippen molar-refractivity contribution in [2.45, 2.75) is 6.42 Å². The highest BCUT2D eigenvalue weighted by Crippen LogP contribution is 2.15. The van der Waals surface area contributed by atoms with E-state index in [1.54, 1.807) is 19.2 Å². The van der Waals surface area contributed by atoms with Crippen molar-refractivity contribution in [3.05, 3.63) is 34.6 Å². The van der Waals surface area contributed by atoms with Gasteiger partial charge in [-0.05, 0) is 24.1 Å². The van der Waals surface area contributed by atoms with Gasteiger partial charge in [-0.2, -0.15) is 0 Å². The first-order chi connectivity index (χ1) is 6.74. The average Bonchev–Trinajstić information content (AvgIpc) is 2.18. The van der Waals surface area contributed by atoms with Gasteiger partial charge in [0.2, 0.25) is 0 Å². The van der Waals surface area contributed by atoms with E-state index in [1.165, 1.54) is 6.07 Å². The fourth-order valence-electron chi connectivity index (χ4n) is 1.03. The molecule has 0 saturated carbocycles. The summed E-state index contributed by atoms with van der Waals surface area (Å²) in [6.45, 7) is 0.769. The molecule has 0 radical (unpaired) electrons. The van der Waals surface area contributed by atoms with Crippen LogP contribution < -0.4 is 0 Å². The van der Waals surface area contributed by atoms with Crippen molar-refractivity contribution in [2.75, 3.05) is 20.5 Å². The summed E-state index contributed by atoms with van der Waals surface area (Å²) in [5.74, 6) is -0.393. The molecule has 1 rings (SSSR count). The molecule has 0 heterocycles. The van der Waals surface area contributed by atoms with E-state index in [2.05, 4.69) is 0 Å². The second-order valence-electron chi connectivity index (χ2n) is 2.81. The molecular formula is C10H12ClFO2. The highest BCUT2D eigenvalue weighted by Gasteiger charge is 2.00. The Morgan fingerprint density at radius 2 is 2.21 bits per heavy atom. The summed E-state index contributed by atoms with van der Waals surface area (Å²) in [4.78, 5) is 0. The maximum absolute atomic E-state index is 13.0. The molecule has 1 aromatic rings. The lowest BCUT2D eigenvalue weighted by Gasteiger charge is -2.03. The number of halogens is 2. The van der Waals surface area contributed by atoms with Crippen LogP contribution in [0.15, 0.2) is 18.2 Å². The van der Waals surface area contributed by atoms with E-state index >= 15 is 0 Å². The molecule has 0 aliphatic rings. The zero-order valence-electron chi connectivity index (χ0n) is 7.93. The van der Waals surface area contributed by atoms with Gasteiger partial charge in [0.1, 0.15) is 12.6 Å². The molecule has 1 aromatic carbocycles. The fourth-order valence-corrected chi connectivity index (χ4v) is 1.14. The van der Waals surface area contributed by atoms with Gasteiger partial charge in [-0.25, -0.2) is 4.39 Å². The van der Waals surface area contributed by atoms with Crippen molar-refractivity contribution in [3.8, 4) is 0 Å². The van der Waals surface area contributed by atoms with E-state index in [0.717, 1.165) is 5.56 Å². The minimum atomic E-state index is -0.393. The predicted molar refractivity (Wildman–Crippen MR) is 52.9 cm³/mol. The molecule has 14 heavy (non-hydrogen) atoms. The molecule has 0 saturated heterocycles.